The Bertz CT molecular complexity index is 379. The van der Waals surface area contributed by atoms with Crippen molar-refractivity contribution >= 4 is 19.5 Å². The number of carboxylic acids is 1. The first-order valence-electron chi connectivity index (χ1n) is 3.58. The molecule has 0 heterocycles. The van der Waals surface area contributed by atoms with Crippen LogP contribution in [0.25, 0.3) is 0 Å². The van der Waals surface area contributed by atoms with Gasteiger partial charge in [-0.05, 0) is 12.1 Å². The fraction of sp³-hybridized carbons (Fsp3) is 0. The fourth-order valence-electron chi connectivity index (χ4n) is 0.692. The molecule has 0 aliphatic carbocycles. The molecule has 0 fully saturated rings. The van der Waals surface area contributed by atoms with E-state index in [1.807, 2.05) is 0 Å². The molecule has 0 amide bonds. The minimum atomic E-state index is -4.64. The van der Waals surface area contributed by atoms with E-state index in [1.165, 1.54) is 6.07 Å². The van der Waals surface area contributed by atoms with Crippen LogP contribution in [0.15, 0.2) is 24.3 Å². The van der Waals surface area contributed by atoms with Crippen molar-refractivity contribution in [2.45, 2.75) is 0 Å². The van der Waals surface area contributed by atoms with Crippen LogP contribution in [0.1, 0.15) is 10.4 Å². The molecule has 84 valence electrons. The molecule has 7 nitrogen and oxygen atoms in total. The molecule has 0 unspecified atom stereocenters. The van der Waals surface area contributed by atoms with Crippen molar-refractivity contribution in [1.29, 1.82) is 0 Å². The lowest BCUT2D eigenvalue weighted by molar-refractivity contribution is 0.0698. The number of hydrogen-bond donors (Lipinski definition) is 5. The normalized spacial score (nSPS) is 10.1. The van der Waals surface area contributed by atoms with E-state index in [9.17, 15) is 4.79 Å². The van der Waals surface area contributed by atoms with Gasteiger partial charge in [-0.25, -0.2) is 9.36 Å². The fourth-order valence-corrected chi connectivity index (χ4v) is 0.692. The van der Waals surface area contributed by atoms with Crippen LogP contribution in [-0.2, 0) is 4.57 Å². The van der Waals surface area contributed by atoms with Gasteiger partial charge in [0.15, 0.2) is 0 Å². The van der Waals surface area contributed by atoms with Gasteiger partial charge in [0.2, 0.25) is 0 Å². The van der Waals surface area contributed by atoms with Crippen molar-refractivity contribution < 1.29 is 29.1 Å². The monoisotopic (exact) mass is 235 g/mol. The SMILES string of the molecule is Nc1ccccc1C(=O)O.O=P(O)(O)O. The predicted octanol–water partition coefficient (Wildman–Crippen LogP) is 0.0384. The van der Waals surface area contributed by atoms with Gasteiger partial charge in [0.1, 0.15) is 0 Å². The van der Waals surface area contributed by atoms with E-state index in [1.54, 1.807) is 18.2 Å². The first-order valence-corrected chi connectivity index (χ1v) is 5.14. The van der Waals surface area contributed by atoms with Crippen molar-refractivity contribution in [3.63, 3.8) is 0 Å². The van der Waals surface area contributed by atoms with Gasteiger partial charge in [0.05, 0.1) is 5.56 Å². The Kier molecular flexibility index (Phi) is 4.96. The van der Waals surface area contributed by atoms with E-state index in [4.69, 9.17) is 30.1 Å². The average molecular weight is 235 g/mol. The van der Waals surface area contributed by atoms with Crippen molar-refractivity contribution in [3.8, 4) is 0 Å². The lowest BCUT2D eigenvalue weighted by atomic mass is 10.2. The molecule has 0 spiro atoms. The highest BCUT2D eigenvalue weighted by Crippen LogP contribution is 2.25. The van der Waals surface area contributed by atoms with Gasteiger partial charge in [0.25, 0.3) is 0 Å². The Labute approximate surface area is 85.0 Å². The van der Waals surface area contributed by atoms with E-state index in [2.05, 4.69) is 0 Å². The van der Waals surface area contributed by atoms with Crippen LogP contribution in [0, 0.1) is 0 Å². The van der Waals surface area contributed by atoms with Crippen molar-refractivity contribution in [2.75, 3.05) is 5.73 Å². The highest BCUT2D eigenvalue weighted by atomic mass is 31.2. The summed E-state index contributed by atoms with van der Waals surface area (Å²) in [6, 6.07) is 6.36. The van der Waals surface area contributed by atoms with Crippen molar-refractivity contribution in [2.24, 2.45) is 0 Å². The first kappa shape index (κ1) is 13.6. The zero-order valence-corrected chi connectivity index (χ0v) is 8.33. The standard InChI is InChI=1S/C7H7NO2.H3O4P/c8-6-4-2-1-3-5(6)7(9)10;1-5(2,3)4/h1-4H,8H2,(H,9,10);(H3,1,2,3,4). The molecule has 8 heteroatoms. The Morgan fingerprint density at radius 1 is 1.20 bits per heavy atom. The third-order valence-electron chi connectivity index (χ3n) is 1.19. The Morgan fingerprint density at radius 3 is 1.87 bits per heavy atom. The Morgan fingerprint density at radius 2 is 1.60 bits per heavy atom. The largest absolute Gasteiger partial charge is 0.478 e. The molecule has 0 radical (unpaired) electrons. The summed E-state index contributed by atoms with van der Waals surface area (Å²) in [7, 11) is -4.64. The molecule has 0 aliphatic rings. The number of carbonyl (C=O) groups is 1. The van der Waals surface area contributed by atoms with Crippen molar-refractivity contribution in [1.82, 2.24) is 0 Å². The molecule has 6 N–H and O–H groups in total. The van der Waals surface area contributed by atoms with E-state index >= 15 is 0 Å². The van der Waals surface area contributed by atoms with Gasteiger partial charge in [-0.3, -0.25) is 0 Å². The number of benzene rings is 1. The highest BCUT2D eigenvalue weighted by molar-refractivity contribution is 7.45. The average Bonchev–Trinajstić information content (AvgIpc) is 2.01. The lowest BCUT2D eigenvalue weighted by Gasteiger charge is -1.96. The maximum Gasteiger partial charge on any atom is 0.466 e. The summed E-state index contributed by atoms with van der Waals surface area (Å²) in [5.41, 5.74) is 5.80. The molecule has 1 rings (SSSR count). The minimum Gasteiger partial charge on any atom is -0.478 e. The Balaban J connectivity index is 0.000000336. The number of rotatable bonds is 1. The number of phosphoric acid groups is 1. The first-order chi connectivity index (χ1) is 6.72. The second-order valence-electron chi connectivity index (χ2n) is 2.41. The predicted molar refractivity (Wildman–Crippen MR) is 52.1 cm³/mol. The molecule has 0 bridgehead atoms. The van der Waals surface area contributed by atoms with Crippen LogP contribution in [0.2, 0.25) is 0 Å². The second-order valence-corrected chi connectivity index (χ2v) is 3.43. The van der Waals surface area contributed by atoms with Gasteiger partial charge >= 0.3 is 13.8 Å². The van der Waals surface area contributed by atoms with Crippen LogP contribution in [0.5, 0.6) is 0 Å². The number of aromatic carboxylic acids is 1. The second kappa shape index (κ2) is 5.47. The van der Waals surface area contributed by atoms with Crippen molar-refractivity contribution in [3.05, 3.63) is 29.8 Å². The molecule has 0 saturated heterocycles. The molecular weight excluding hydrogens is 225 g/mol. The quantitative estimate of drug-likeness (QED) is 0.341. The van der Waals surface area contributed by atoms with E-state index < -0.39 is 13.8 Å². The number of hydrogen-bond acceptors (Lipinski definition) is 3. The summed E-state index contributed by atoms with van der Waals surface area (Å²) < 4.78 is 8.88. The van der Waals surface area contributed by atoms with Gasteiger partial charge in [0, 0.05) is 5.69 Å². The molecule has 0 aromatic heterocycles. The van der Waals surface area contributed by atoms with Crippen LogP contribution in [0.3, 0.4) is 0 Å². The van der Waals surface area contributed by atoms with E-state index in [0.717, 1.165) is 0 Å². The molecule has 0 atom stereocenters. The number of anilines is 1. The third-order valence-corrected chi connectivity index (χ3v) is 1.19. The summed E-state index contributed by atoms with van der Waals surface area (Å²) in [6.07, 6.45) is 0. The maximum atomic E-state index is 10.3. The summed E-state index contributed by atoms with van der Waals surface area (Å²) >= 11 is 0. The molecule has 1 aromatic carbocycles. The molecule has 1 aromatic rings. The van der Waals surface area contributed by atoms with E-state index in [0.29, 0.717) is 5.69 Å². The maximum absolute atomic E-state index is 10.3. The third kappa shape index (κ3) is 7.65. The van der Waals surface area contributed by atoms with Gasteiger partial charge < -0.3 is 25.5 Å². The molecule has 0 aliphatic heterocycles. The van der Waals surface area contributed by atoms with Gasteiger partial charge in [-0.1, -0.05) is 12.1 Å². The van der Waals surface area contributed by atoms with Gasteiger partial charge in [-0.15, -0.1) is 0 Å². The number of para-hydroxylation sites is 1. The van der Waals surface area contributed by atoms with Crippen LogP contribution < -0.4 is 5.73 Å². The Hall–Kier alpha value is -1.40. The minimum absolute atomic E-state index is 0.155. The highest BCUT2D eigenvalue weighted by Gasteiger charge is 2.03. The summed E-state index contributed by atoms with van der Waals surface area (Å²) in [6.45, 7) is 0. The summed E-state index contributed by atoms with van der Waals surface area (Å²) in [5.74, 6) is -0.988. The lowest BCUT2D eigenvalue weighted by Crippen LogP contribution is -2.00. The van der Waals surface area contributed by atoms with E-state index in [-0.39, 0.29) is 5.56 Å². The number of nitrogens with two attached hydrogens (primary N) is 1. The topological polar surface area (TPSA) is 141 Å². The van der Waals surface area contributed by atoms with Crippen LogP contribution >= 0.6 is 7.82 Å². The zero-order valence-electron chi connectivity index (χ0n) is 7.44. The van der Waals surface area contributed by atoms with Gasteiger partial charge in [-0.2, -0.15) is 0 Å². The number of nitrogen functional groups attached to an aromatic ring is 1. The van der Waals surface area contributed by atoms with Crippen LogP contribution in [-0.4, -0.2) is 25.8 Å². The summed E-state index contributed by atoms with van der Waals surface area (Å²) in [5, 5.41) is 8.49. The number of carboxylic acid groups (broad SMARTS) is 1. The molecular formula is C7H10NO6P. The smallest absolute Gasteiger partial charge is 0.466 e. The zero-order chi connectivity index (χ0) is 12.1. The summed E-state index contributed by atoms with van der Waals surface area (Å²) in [4.78, 5) is 31.9. The molecule has 0 saturated carbocycles. The van der Waals surface area contributed by atoms with Crippen LogP contribution in [0.4, 0.5) is 5.69 Å². The molecule has 15 heavy (non-hydrogen) atoms.